The summed E-state index contributed by atoms with van der Waals surface area (Å²) in [6.45, 7) is 1.87. The van der Waals surface area contributed by atoms with Gasteiger partial charge in [0.25, 0.3) is 5.91 Å². The van der Waals surface area contributed by atoms with E-state index in [0.717, 1.165) is 11.3 Å². The van der Waals surface area contributed by atoms with Gasteiger partial charge < -0.3 is 15.2 Å². The van der Waals surface area contributed by atoms with Gasteiger partial charge in [0.15, 0.2) is 6.61 Å². The van der Waals surface area contributed by atoms with Crippen LogP contribution >= 0.6 is 0 Å². The third-order valence-corrected chi connectivity index (χ3v) is 3.08. The molecule has 0 bridgehead atoms. The first-order chi connectivity index (χ1) is 10.2. The van der Waals surface area contributed by atoms with Crippen LogP contribution in [0.5, 0.6) is 5.75 Å². The van der Waals surface area contributed by atoms with Crippen molar-refractivity contribution >= 4 is 11.6 Å². The summed E-state index contributed by atoms with van der Waals surface area (Å²) in [6.07, 6.45) is 0.208. The highest BCUT2D eigenvalue weighted by atomic mass is 16.5. The zero-order chi connectivity index (χ0) is 15.1. The maximum atomic E-state index is 11.7. The molecule has 0 aromatic heterocycles. The molecule has 21 heavy (non-hydrogen) atoms. The van der Waals surface area contributed by atoms with Gasteiger partial charge in [-0.2, -0.15) is 0 Å². The number of benzene rings is 2. The van der Waals surface area contributed by atoms with Crippen LogP contribution in [0.15, 0.2) is 54.6 Å². The summed E-state index contributed by atoms with van der Waals surface area (Å²) in [6, 6.07) is 16.4. The van der Waals surface area contributed by atoms with Crippen molar-refractivity contribution in [1.29, 1.82) is 0 Å². The summed E-state index contributed by atoms with van der Waals surface area (Å²) in [4.78, 5) is 11.7. The van der Waals surface area contributed by atoms with E-state index in [1.165, 1.54) is 0 Å². The number of aliphatic hydroxyl groups is 1. The number of rotatable bonds is 6. The van der Waals surface area contributed by atoms with Crippen molar-refractivity contribution in [1.82, 2.24) is 0 Å². The lowest BCUT2D eigenvalue weighted by molar-refractivity contribution is -0.118. The summed E-state index contributed by atoms with van der Waals surface area (Å²) in [5.74, 6) is 0.393. The standard InChI is InChI=1S/C17H19NO3/c1-2-16(19)13-8-10-15(11-9-13)21-12-17(20)18-14-6-4-3-5-7-14/h3-11,16,19H,2,12H2,1H3,(H,18,20). The highest BCUT2D eigenvalue weighted by Gasteiger charge is 2.06. The molecule has 1 amide bonds. The number of para-hydroxylation sites is 1. The molecule has 110 valence electrons. The highest BCUT2D eigenvalue weighted by molar-refractivity contribution is 5.91. The third kappa shape index (κ3) is 4.61. The predicted molar refractivity (Wildman–Crippen MR) is 82.3 cm³/mol. The molecular formula is C17H19NO3. The number of carbonyl (C=O) groups is 1. The third-order valence-electron chi connectivity index (χ3n) is 3.08. The molecule has 0 saturated carbocycles. The average molecular weight is 285 g/mol. The molecule has 0 aliphatic heterocycles. The monoisotopic (exact) mass is 285 g/mol. The molecular weight excluding hydrogens is 266 g/mol. The Balaban J connectivity index is 1.84. The Bertz CT molecular complexity index is 566. The van der Waals surface area contributed by atoms with Gasteiger partial charge in [-0.05, 0) is 36.2 Å². The largest absolute Gasteiger partial charge is 0.484 e. The molecule has 0 saturated heterocycles. The lowest BCUT2D eigenvalue weighted by Gasteiger charge is -2.10. The Morgan fingerprint density at radius 1 is 1.14 bits per heavy atom. The number of ether oxygens (including phenoxy) is 1. The molecule has 0 aliphatic carbocycles. The smallest absolute Gasteiger partial charge is 0.262 e. The minimum Gasteiger partial charge on any atom is -0.484 e. The molecule has 0 radical (unpaired) electrons. The van der Waals surface area contributed by atoms with Gasteiger partial charge in [0.1, 0.15) is 5.75 Å². The first-order valence-corrected chi connectivity index (χ1v) is 6.94. The Kier molecular flexibility index (Phi) is 5.35. The first kappa shape index (κ1) is 15.1. The minimum absolute atomic E-state index is 0.0510. The van der Waals surface area contributed by atoms with Crippen LogP contribution in [0, 0.1) is 0 Å². The van der Waals surface area contributed by atoms with Crippen molar-refractivity contribution in [3.05, 3.63) is 60.2 Å². The first-order valence-electron chi connectivity index (χ1n) is 6.94. The number of hydrogen-bond acceptors (Lipinski definition) is 3. The van der Waals surface area contributed by atoms with Crippen molar-refractivity contribution in [3.8, 4) is 5.75 Å². The quantitative estimate of drug-likeness (QED) is 0.857. The minimum atomic E-state index is -0.458. The molecule has 1 unspecified atom stereocenters. The number of anilines is 1. The number of carbonyl (C=O) groups excluding carboxylic acids is 1. The van der Waals surface area contributed by atoms with Crippen LogP contribution in [0.3, 0.4) is 0 Å². The summed E-state index contributed by atoms with van der Waals surface area (Å²) in [5.41, 5.74) is 1.59. The topological polar surface area (TPSA) is 58.6 Å². The van der Waals surface area contributed by atoms with Crippen molar-refractivity contribution in [2.75, 3.05) is 11.9 Å². The van der Waals surface area contributed by atoms with E-state index >= 15 is 0 Å². The van der Waals surface area contributed by atoms with Gasteiger partial charge in [0, 0.05) is 5.69 Å². The van der Waals surface area contributed by atoms with E-state index in [1.54, 1.807) is 24.3 Å². The Morgan fingerprint density at radius 3 is 2.43 bits per heavy atom. The average Bonchev–Trinajstić information content (AvgIpc) is 2.53. The van der Waals surface area contributed by atoms with Gasteiger partial charge in [0.05, 0.1) is 6.10 Å². The molecule has 1 atom stereocenters. The van der Waals surface area contributed by atoms with Crippen LogP contribution in [0.1, 0.15) is 25.0 Å². The van der Waals surface area contributed by atoms with Gasteiger partial charge in [-0.15, -0.1) is 0 Å². The Labute approximate surface area is 124 Å². The van der Waals surface area contributed by atoms with E-state index in [4.69, 9.17) is 4.74 Å². The second kappa shape index (κ2) is 7.45. The van der Waals surface area contributed by atoms with E-state index in [-0.39, 0.29) is 12.5 Å². The Morgan fingerprint density at radius 2 is 1.81 bits per heavy atom. The number of hydrogen-bond donors (Lipinski definition) is 2. The van der Waals surface area contributed by atoms with Crippen LogP contribution < -0.4 is 10.1 Å². The summed E-state index contributed by atoms with van der Waals surface area (Å²) in [7, 11) is 0. The molecule has 2 rings (SSSR count). The molecule has 0 heterocycles. The maximum absolute atomic E-state index is 11.7. The molecule has 0 fully saturated rings. The fourth-order valence-electron chi connectivity index (χ4n) is 1.89. The van der Waals surface area contributed by atoms with Gasteiger partial charge in [0.2, 0.25) is 0 Å². The molecule has 2 aromatic carbocycles. The van der Waals surface area contributed by atoms with Crippen LogP contribution in [0.4, 0.5) is 5.69 Å². The normalized spacial score (nSPS) is 11.7. The van der Waals surface area contributed by atoms with E-state index < -0.39 is 6.10 Å². The van der Waals surface area contributed by atoms with Gasteiger partial charge >= 0.3 is 0 Å². The van der Waals surface area contributed by atoms with Gasteiger partial charge in [-0.1, -0.05) is 37.3 Å². The molecule has 4 nitrogen and oxygen atoms in total. The van der Waals surface area contributed by atoms with Crippen LogP contribution in [-0.4, -0.2) is 17.6 Å². The fraction of sp³-hybridized carbons (Fsp3) is 0.235. The molecule has 0 aliphatic rings. The van der Waals surface area contributed by atoms with Gasteiger partial charge in [-0.3, -0.25) is 4.79 Å². The van der Waals surface area contributed by atoms with Crippen molar-refractivity contribution in [3.63, 3.8) is 0 Å². The SMILES string of the molecule is CCC(O)c1ccc(OCC(=O)Nc2ccccc2)cc1. The second-order valence-corrected chi connectivity index (χ2v) is 4.70. The zero-order valence-corrected chi connectivity index (χ0v) is 12.0. The highest BCUT2D eigenvalue weighted by Crippen LogP contribution is 2.19. The molecule has 2 aromatic rings. The predicted octanol–water partition coefficient (Wildman–Crippen LogP) is 3.15. The Hall–Kier alpha value is -2.33. The fourth-order valence-corrected chi connectivity index (χ4v) is 1.89. The number of nitrogens with one attached hydrogen (secondary N) is 1. The van der Waals surface area contributed by atoms with Crippen LogP contribution in [-0.2, 0) is 4.79 Å². The van der Waals surface area contributed by atoms with Gasteiger partial charge in [-0.25, -0.2) is 0 Å². The lowest BCUT2D eigenvalue weighted by Crippen LogP contribution is -2.20. The van der Waals surface area contributed by atoms with Crippen LogP contribution in [0.2, 0.25) is 0 Å². The summed E-state index contributed by atoms with van der Waals surface area (Å²) >= 11 is 0. The van der Waals surface area contributed by atoms with E-state index in [0.29, 0.717) is 12.2 Å². The molecule has 2 N–H and O–H groups in total. The second-order valence-electron chi connectivity index (χ2n) is 4.70. The number of aliphatic hydroxyl groups excluding tert-OH is 1. The number of amides is 1. The lowest BCUT2D eigenvalue weighted by atomic mass is 10.1. The molecule has 0 spiro atoms. The maximum Gasteiger partial charge on any atom is 0.262 e. The van der Waals surface area contributed by atoms with Crippen LogP contribution in [0.25, 0.3) is 0 Å². The summed E-state index contributed by atoms with van der Waals surface area (Å²) < 4.78 is 5.41. The molecule has 4 heteroatoms. The summed E-state index contributed by atoms with van der Waals surface area (Å²) in [5, 5.41) is 12.4. The van der Waals surface area contributed by atoms with Crippen molar-refractivity contribution < 1.29 is 14.6 Å². The van der Waals surface area contributed by atoms with Crippen molar-refractivity contribution in [2.45, 2.75) is 19.4 Å². The van der Waals surface area contributed by atoms with E-state index in [2.05, 4.69) is 5.32 Å². The van der Waals surface area contributed by atoms with Crippen molar-refractivity contribution in [2.24, 2.45) is 0 Å². The zero-order valence-electron chi connectivity index (χ0n) is 12.0. The van der Waals surface area contributed by atoms with E-state index in [1.807, 2.05) is 37.3 Å². The van der Waals surface area contributed by atoms with E-state index in [9.17, 15) is 9.90 Å².